The zero-order valence-electron chi connectivity index (χ0n) is 10.3. The summed E-state index contributed by atoms with van der Waals surface area (Å²) in [5, 5.41) is 11.0. The van der Waals surface area contributed by atoms with Crippen molar-refractivity contribution in [2.45, 2.75) is 0 Å². The Hall–Kier alpha value is -3.23. The van der Waals surface area contributed by atoms with Crippen LogP contribution in [0, 0.1) is 5.82 Å². The zero-order valence-corrected chi connectivity index (χ0v) is 10.3. The molecule has 2 aromatic rings. The van der Waals surface area contributed by atoms with E-state index in [-0.39, 0.29) is 5.69 Å². The van der Waals surface area contributed by atoms with Gasteiger partial charge in [-0.2, -0.15) is 0 Å². The average molecular weight is 293 g/mol. The number of carboxylic acid groups (broad SMARTS) is 1. The maximum absolute atomic E-state index is 13.4. The average Bonchev–Trinajstić information content (AvgIpc) is 2.37. The third-order valence-corrected chi connectivity index (χ3v) is 2.54. The molecule has 0 fully saturated rings. The highest BCUT2D eigenvalue weighted by Crippen LogP contribution is 2.19. The summed E-state index contributed by atoms with van der Waals surface area (Å²) in [6, 6.07) is 3.30. The molecule has 0 atom stereocenters. The quantitative estimate of drug-likeness (QED) is 0.639. The van der Waals surface area contributed by atoms with E-state index < -0.39 is 40.1 Å². The molecular weight excluding hydrogens is 285 g/mol. The van der Waals surface area contributed by atoms with Crippen LogP contribution in [-0.2, 0) is 0 Å². The summed E-state index contributed by atoms with van der Waals surface area (Å²) in [5.41, 5.74) is -3.24. The molecular formula is C12H8FN3O5. The molecule has 0 aliphatic heterocycles. The molecule has 1 heterocycles. The first-order valence-electron chi connectivity index (χ1n) is 5.55. The second-order valence-electron chi connectivity index (χ2n) is 3.91. The molecule has 0 unspecified atom stereocenters. The number of carbonyl (C=O) groups is 2. The maximum Gasteiger partial charge on any atom is 0.340 e. The van der Waals surface area contributed by atoms with E-state index in [1.54, 1.807) is 0 Å². The van der Waals surface area contributed by atoms with Crippen molar-refractivity contribution in [3.05, 3.63) is 62.2 Å². The van der Waals surface area contributed by atoms with Gasteiger partial charge in [0.1, 0.15) is 16.9 Å². The van der Waals surface area contributed by atoms with Crippen LogP contribution in [-0.4, -0.2) is 27.0 Å². The predicted molar refractivity (Wildman–Crippen MR) is 69.0 cm³/mol. The Bertz CT molecular complexity index is 839. The Morgan fingerprint density at radius 2 is 1.95 bits per heavy atom. The van der Waals surface area contributed by atoms with E-state index in [2.05, 4.69) is 10.3 Å². The molecule has 1 aromatic heterocycles. The number of aromatic nitrogens is 2. The minimum Gasteiger partial charge on any atom is -0.478 e. The second kappa shape index (κ2) is 5.41. The summed E-state index contributed by atoms with van der Waals surface area (Å²) in [6.45, 7) is 0. The first-order valence-corrected chi connectivity index (χ1v) is 5.55. The van der Waals surface area contributed by atoms with E-state index in [1.807, 2.05) is 4.98 Å². The third kappa shape index (κ3) is 2.86. The molecule has 0 spiro atoms. The zero-order chi connectivity index (χ0) is 15.6. The van der Waals surface area contributed by atoms with Crippen LogP contribution in [0.2, 0.25) is 0 Å². The first kappa shape index (κ1) is 14.2. The van der Waals surface area contributed by atoms with Gasteiger partial charge in [0.15, 0.2) is 0 Å². The molecule has 1 amide bonds. The highest BCUT2D eigenvalue weighted by Gasteiger charge is 2.19. The van der Waals surface area contributed by atoms with E-state index in [9.17, 15) is 23.6 Å². The molecule has 0 saturated heterocycles. The van der Waals surface area contributed by atoms with E-state index in [4.69, 9.17) is 5.11 Å². The molecule has 0 saturated carbocycles. The summed E-state index contributed by atoms with van der Waals surface area (Å²) in [6.07, 6.45) is 0.871. The van der Waals surface area contributed by atoms with Gasteiger partial charge in [0.05, 0.1) is 5.69 Å². The molecule has 108 valence electrons. The smallest absolute Gasteiger partial charge is 0.340 e. The summed E-state index contributed by atoms with van der Waals surface area (Å²) in [4.78, 5) is 49.0. The molecule has 0 aliphatic carbocycles. The van der Waals surface area contributed by atoms with Gasteiger partial charge in [0.25, 0.3) is 11.5 Å². The number of carboxylic acids is 1. The van der Waals surface area contributed by atoms with E-state index in [1.165, 1.54) is 12.1 Å². The molecule has 2 rings (SSSR count). The second-order valence-corrected chi connectivity index (χ2v) is 3.91. The molecule has 4 N–H and O–H groups in total. The fraction of sp³-hybridized carbons (Fsp3) is 0. The normalized spacial score (nSPS) is 10.1. The molecule has 21 heavy (non-hydrogen) atoms. The Balaban J connectivity index is 2.41. The highest BCUT2D eigenvalue weighted by atomic mass is 19.1. The summed E-state index contributed by atoms with van der Waals surface area (Å²) >= 11 is 0. The van der Waals surface area contributed by atoms with E-state index >= 15 is 0 Å². The fourth-order valence-electron chi connectivity index (χ4n) is 1.61. The summed E-state index contributed by atoms with van der Waals surface area (Å²) in [5.74, 6) is -3.59. The van der Waals surface area contributed by atoms with Crippen molar-refractivity contribution in [2.24, 2.45) is 0 Å². The SMILES string of the molecule is O=C(O)c1c(F)cccc1NC(=O)c1c[nH]c(=O)[nH]c1=O. The van der Waals surface area contributed by atoms with Crippen LogP contribution >= 0.6 is 0 Å². The van der Waals surface area contributed by atoms with Gasteiger partial charge in [0.2, 0.25) is 0 Å². The van der Waals surface area contributed by atoms with Crippen molar-refractivity contribution in [1.29, 1.82) is 0 Å². The largest absolute Gasteiger partial charge is 0.478 e. The lowest BCUT2D eigenvalue weighted by Crippen LogP contribution is -2.30. The molecule has 0 radical (unpaired) electrons. The predicted octanol–water partition coefficient (Wildman–Crippen LogP) is 0.153. The van der Waals surface area contributed by atoms with Gasteiger partial charge in [-0.15, -0.1) is 0 Å². The number of rotatable bonds is 3. The summed E-state index contributed by atoms with van der Waals surface area (Å²) < 4.78 is 13.4. The lowest BCUT2D eigenvalue weighted by Gasteiger charge is -2.08. The van der Waals surface area contributed by atoms with Crippen molar-refractivity contribution in [3.63, 3.8) is 0 Å². The Kier molecular flexibility index (Phi) is 3.65. The van der Waals surface area contributed by atoms with E-state index in [0.29, 0.717) is 0 Å². The minimum absolute atomic E-state index is 0.307. The molecule has 1 aromatic carbocycles. The number of carbonyl (C=O) groups excluding carboxylic acids is 1. The highest BCUT2D eigenvalue weighted by molar-refractivity contribution is 6.07. The van der Waals surface area contributed by atoms with Crippen LogP contribution in [0.15, 0.2) is 34.0 Å². The number of hydrogen-bond donors (Lipinski definition) is 4. The number of H-pyrrole nitrogens is 2. The van der Waals surface area contributed by atoms with Crippen molar-refractivity contribution in [2.75, 3.05) is 5.32 Å². The van der Waals surface area contributed by atoms with Crippen molar-refractivity contribution in [3.8, 4) is 0 Å². The lowest BCUT2D eigenvalue weighted by atomic mass is 10.1. The van der Waals surface area contributed by atoms with Gasteiger partial charge in [-0.25, -0.2) is 14.0 Å². The molecule has 0 bridgehead atoms. The van der Waals surface area contributed by atoms with Crippen molar-refractivity contribution in [1.82, 2.24) is 9.97 Å². The van der Waals surface area contributed by atoms with Gasteiger partial charge in [-0.1, -0.05) is 6.07 Å². The number of anilines is 1. The summed E-state index contributed by atoms with van der Waals surface area (Å²) in [7, 11) is 0. The fourth-order valence-corrected chi connectivity index (χ4v) is 1.61. The monoisotopic (exact) mass is 293 g/mol. The van der Waals surface area contributed by atoms with Crippen LogP contribution < -0.4 is 16.6 Å². The van der Waals surface area contributed by atoms with E-state index in [0.717, 1.165) is 12.3 Å². The van der Waals surface area contributed by atoms with Gasteiger partial charge < -0.3 is 15.4 Å². The lowest BCUT2D eigenvalue weighted by molar-refractivity contribution is 0.0693. The van der Waals surface area contributed by atoms with Crippen LogP contribution in [0.25, 0.3) is 0 Å². The standard InChI is InChI=1S/C12H8FN3O5/c13-6-2-1-3-7(8(6)11(19)20)15-9(17)5-4-14-12(21)16-10(5)18/h1-4H,(H,15,17)(H,19,20)(H2,14,16,18,21). The van der Waals surface area contributed by atoms with Crippen molar-refractivity contribution >= 4 is 17.6 Å². The van der Waals surface area contributed by atoms with Gasteiger partial charge in [-0.05, 0) is 12.1 Å². The molecule has 8 nitrogen and oxygen atoms in total. The van der Waals surface area contributed by atoms with Gasteiger partial charge in [-0.3, -0.25) is 14.6 Å². The maximum atomic E-state index is 13.4. The van der Waals surface area contributed by atoms with Gasteiger partial charge in [0, 0.05) is 6.20 Å². The number of amides is 1. The van der Waals surface area contributed by atoms with Crippen LogP contribution in [0.1, 0.15) is 20.7 Å². The third-order valence-electron chi connectivity index (χ3n) is 2.54. The number of hydrogen-bond acceptors (Lipinski definition) is 4. The minimum atomic E-state index is -1.57. The van der Waals surface area contributed by atoms with Gasteiger partial charge >= 0.3 is 11.7 Å². The number of benzene rings is 1. The molecule has 9 heteroatoms. The van der Waals surface area contributed by atoms with Crippen LogP contribution in [0.5, 0.6) is 0 Å². The number of aromatic carboxylic acids is 1. The van der Waals surface area contributed by atoms with Crippen LogP contribution in [0.3, 0.4) is 0 Å². The Morgan fingerprint density at radius 3 is 2.57 bits per heavy atom. The number of nitrogens with one attached hydrogen (secondary N) is 3. The first-order chi connectivity index (χ1) is 9.90. The molecule has 0 aliphatic rings. The topological polar surface area (TPSA) is 132 Å². The van der Waals surface area contributed by atoms with Crippen LogP contribution in [0.4, 0.5) is 10.1 Å². The number of halogens is 1. The van der Waals surface area contributed by atoms with Crippen molar-refractivity contribution < 1.29 is 19.1 Å². The number of aromatic amines is 2. The Morgan fingerprint density at radius 1 is 1.24 bits per heavy atom. The Labute approximate surface area is 115 Å².